The van der Waals surface area contributed by atoms with Crippen molar-refractivity contribution in [1.82, 2.24) is 0 Å². The molecule has 0 aliphatic carbocycles. The molecule has 7 heteroatoms. The second-order valence-corrected chi connectivity index (χ2v) is 5.36. The Morgan fingerprint density at radius 1 is 1.00 bits per heavy atom. The van der Waals surface area contributed by atoms with Crippen molar-refractivity contribution in [3.8, 4) is 0 Å². The van der Waals surface area contributed by atoms with Crippen LogP contribution in [-0.4, -0.2) is 30.6 Å². The minimum Gasteiger partial charge on any atom is -0.462 e. The van der Waals surface area contributed by atoms with E-state index in [1.54, 1.807) is 24.3 Å². The van der Waals surface area contributed by atoms with Gasteiger partial charge in [0.15, 0.2) is 12.2 Å². The summed E-state index contributed by atoms with van der Waals surface area (Å²) in [6.07, 6.45) is -1.83. The quantitative estimate of drug-likeness (QED) is 0.563. The largest absolute Gasteiger partial charge is 0.462 e. The molecule has 1 aromatic rings. The van der Waals surface area contributed by atoms with Crippen molar-refractivity contribution < 1.29 is 28.6 Å². The van der Waals surface area contributed by atoms with E-state index in [1.165, 1.54) is 20.8 Å². The zero-order valence-corrected chi connectivity index (χ0v) is 14.1. The highest BCUT2D eigenvalue weighted by Gasteiger charge is 2.31. The Morgan fingerprint density at radius 2 is 1.59 bits per heavy atom. The van der Waals surface area contributed by atoms with Crippen LogP contribution in [0.1, 0.15) is 32.4 Å². The van der Waals surface area contributed by atoms with E-state index in [9.17, 15) is 14.4 Å². The van der Waals surface area contributed by atoms with E-state index in [1.807, 2.05) is 0 Å². The van der Waals surface area contributed by atoms with Gasteiger partial charge in [-0.2, -0.15) is 0 Å². The van der Waals surface area contributed by atoms with Crippen molar-refractivity contribution in [2.45, 2.75) is 33.0 Å². The van der Waals surface area contributed by atoms with E-state index >= 15 is 0 Å². The molecule has 0 amide bonds. The number of esters is 3. The molecule has 1 aromatic carbocycles. The van der Waals surface area contributed by atoms with Crippen molar-refractivity contribution in [1.29, 1.82) is 0 Å². The van der Waals surface area contributed by atoms with Gasteiger partial charge in [-0.3, -0.25) is 14.4 Å². The van der Waals surface area contributed by atoms with Crippen LogP contribution in [0.5, 0.6) is 0 Å². The van der Waals surface area contributed by atoms with Crippen LogP contribution >= 0.6 is 15.9 Å². The zero-order valence-electron chi connectivity index (χ0n) is 12.5. The average Bonchev–Trinajstić information content (AvgIpc) is 2.41. The molecule has 0 saturated heterocycles. The summed E-state index contributed by atoms with van der Waals surface area (Å²) in [5.74, 6) is -1.63. The Labute approximate surface area is 136 Å². The molecule has 2 atom stereocenters. The van der Waals surface area contributed by atoms with E-state index in [-0.39, 0.29) is 6.61 Å². The summed E-state index contributed by atoms with van der Waals surface area (Å²) < 4.78 is 16.0. The first kappa shape index (κ1) is 18.2. The summed E-state index contributed by atoms with van der Waals surface area (Å²) in [5, 5.41) is 0. The minimum atomic E-state index is -0.941. The fourth-order valence-electron chi connectivity index (χ4n) is 1.82. The maximum absolute atomic E-state index is 11.4. The van der Waals surface area contributed by atoms with Gasteiger partial charge >= 0.3 is 17.9 Å². The normalized spacial score (nSPS) is 12.9. The molecule has 1 rings (SSSR count). The molecule has 0 aliphatic heterocycles. The van der Waals surface area contributed by atoms with Crippen LogP contribution in [0.4, 0.5) is 0 Å². The number of halogens is 1. The van der Waals surface area contributed by atoms with Gasteiger partial charge in [-0.05, 0) is 6.07 Å². The second kappa shape index (κ2) is 8.53. The Bertz CT molecular complexity index is 557. The first-order valence-corrected chi connectivity index (χ1v) is 7.32. The Balaban J connectivity index is 3.12. The third-order valence-corrected chi connectivity index (χ3v) is 3.33. The lowest BCUT2D eigenvalue weighted by Crippen LogP contribution is -2.33. The molecule has 0 N–H and O–H groups in total. The molecule has 0 spiro atoms. The third kappa shape index (κ3) is 5.85. The smallest absolute Gasteiger partial charge is 0.303 e. The Kier molecular flexibility index (Phi) is 7.04. The van der Waals surface area contributed by atoms with Crippen LogP contribution in [0.3, 0.4) is 0 Å². The number of rotatable bonds is 6. The van der Waals surface area contributed by atoms with Gasteiger partial charge in [0.1, 0.15) is 6.61 Å². The molecule has 0 bridgehead atoms. The maximum atomic E-state index is 11.4. The van der Waals surface area contributed by atoms with Gasteiger partial charge in [-0.1, -0.05) is 34.1 Å². The van der Waals surface area contributed by atoms with E-state index in [4.69, 9.17) is 14.2 Å². The standard InChI is InChI=1S/C15H17BrO6/c1-9(17)20-8-14(21-10(2)18)15(22-11(3)19)12-6-4-5-7-13(12)16/h4-7,14-15H,8H2,1-3H3/t14-,15-/m0/s1. The average molecular weight is 373 g/mol. The van der Waals surface area contributed by atoms with Crippen LogP contribution in [0.25, 0.3) is 0 Å². The predicted molar refractivity (Wildman–Crippen MR) is 80.8 cm³/mol. The second-order valence-electron chi connectivity index (χ2n) is 4.50. The molecule has 0 fully saturated rings. The van der Waals surface area contributed by atoms with Gasteiger partial charge < -0.3 is 14.2 Å². The van der Waals surface area contributed by atoms with Gasteiger partial charge in [0.2, 0.25) is 0 Å². The Hall–Kier alpha value is -1.89. The SMILES string of the molecule is CC(=O)OC[C@H](OC(C)=O)[C@@H](OC(C)=O)c1ccccc1Br. The first-order valence-electron chi connectivity index (χ1n) is 6.53. The topological polar surface area (TPSA) is 78.9 Å². The predicted octanol–water partition coefficient (Wildman–Crippen LogP) is 2.55. The van der Waals surface area contributed by atoms with Crippen LogP contribution < -0.4 is 0 Å². The van der Waals surface area contributed by atoms with Crippen LogP contribution in [0, 0.1) is 0 Å². The van der Waals surface area contributed by atoms with Gasteiger partial charge in [0.05, 0.1) is 0 Å². The van der Waals surface area contributed by atoms with Crippen molar-refractivity contribution >= 4 is 33.8 Å². The highest BCUT2D eigenvalue weighted by molar-refractivity contribution is 9.10. The summed E-state index contributed by atoms with van der Waals surface area (Å²) >= 11 is 3.36. The maximum Gasteiger partial charge on any atom is 0.303 e. The molecular formula is C15H17BrO6. The molecular weight excluding hydrogens is 356 g/mol. The highest BCUT2D eigenvalue weighted by Crippen LogP contribution is 2.30. The van der Waals surface area contributed by atoms with Crippen molar-refractivity contribution in [2.24, 2.45) is 0 Å². The minimum absolute atomic E-state index is 0.214. The number of benzene rings is 1. The van der Waals surface area contributed by atoms with Gasteiger partial charge in [-0.25, -0.2) is 0 Å². The molecule has 22 heavy (non-hydrogen) atoms. The number of hydrogen-bond acceptors (Lipinski definition) is 6. The monoisotopic (exact) mass is 372 g/mol. The van der Waals surface area contributed by atoms with E-state index in [0.29, 0.717) is 10.0 Å². The van der Waals surface area contributed by atoms with Crippen LogP contribution in [0.2, 0.25) is 0 Å². The fraction of sp³-hybridized carbons (Fsp3) is 0.400. The Morgan fingerprint density at radius 3 is 2.09 bits per heavy atom. The molecule has 0 aliphatic rings. The van der Waals surface area contributed by atoms with E-state index in [0.717, 1.165) is 0 Å². The van der Waals surface area contributed by atoms with Gasteiger partial charge in [0.25, 0.3) is 0 Å². The lowest BCUT2D eigenvalue weighted by Gasteiger charge is -2.26. The van der Waals surface area contributed by atoms with Crippen molar-refractivity contribution in [3.05, 3.63) is 34.3 Å². The molecule has 120 valence electrons. The van der Waals surface area contributed by atoms with Crippen LogP contribution in [-0.2, 0) is 28.6 Å². The lowest BCUT2D eigenvalue weighted by molar-refractivity contribution is -0.173. The summed E-state index contributed by atoms with van der Waals surface area (Å²) in [6, 6.07) is 7.04. The lowest BCUT2D eigenvalue weighted by atomic mass is 10.0. The van der Waals surface area contributed by atoms with E-state index < -0.39 is 30.1 Å². The molecule has 0 unspecified atom stereocenters. The number of carbonyl (C=O) groups excluding carboxylic acids is 3. The molecule has 0 heterocycles. The van der Waals surface area contributed by atoms with E-state index in [2.05, 4.69) is 15.9 Å². The fourth-order valence-corrected chi connectivity index (χ4v) is 2.33. The number of ether oxygens (including phenoxy) is 3. The number of hydrogen-bond donors (Lipinski definition) is 0. The zero-order chi connectivity index (χ0) is 16.7. The van der Waals surface area contributed by atoms with Gasteiger partial charge in [-0.15, -0.1) is 0 Å². The first-order chi connectivity index (χ1) is 10.3. The highest BCUT2D eigenvalue weighted by atomic mass is 79.9. The molecule has 6 nitrogen and oxygen atoms in total. The van der Waals surface area contributed by atoms with Crippen LogP contribution in [0.15, 0.2) is 28.7 Å². The molecule has 0 aromatic heterocycles. The summed E-state index contributed by atoms with van der Waals surface area (Å²) in [4.78, 5) is 33.7. The van der Waals surface area contributed by atoms with Crippen molar-refractivity contribution in [2.75, 3.05) is 6.61 Å². The summed E-state index contributed by atoms with van der Waals surface area (Å²) in [5.41, 5.74) is 0.608. The number of carbonyl (C=O) groups is 3. The third-order valence-electron chi connectivity index (χ3n) is 2.61. The summed E-state index contributed by atoms with van der Waals surface area (Å²) in [7, 11) is 0. The van der Waals surface area contributed by atoms with Crippen molar-refractivity contribution in [3.63, 3.8) is 0 Å². The summed E-state index contributed by atoms with van der Waals surface area (Å²) in [6.45, 7) is 3.50. The molecule has 0 saturated carbocycles. The molecule has 0 radical (unpaired) electrons. The van der Waals surface area contributed by atoms with Gasteiger partial charge in [0, 0.05) is 30.8 Å².